The molecule has 0 fully saturated rings. The van der Waals surface area contributed by atoms with Crippen LogP contribution in [0.2, 0.25) is 0 Å². The number of hydrogen-bond acceptors (Lipinski definition) is 2. The van der Waals surface area contributed by atoms with Crippen molar-refractivity contribution >= 4 is 5.65 Å². The number of pyridine rings is 1. The van der Waals surface area contributed by atoms with Gasteiger partial charge in [-0.3, -0.25) is 0 Å². The van der Waals surface area contributed by atoms with E-state index in [0.717, 1.165) is 11.8 Å². The zero-order valence-electron chi connectivity index (χ0n) is 9.25. The van der Waals surface area contributed by atoms with Crippen LogP contribution >= 0.6 is 0 Å². The molecule has 6 heteroatoms. The number of aryl methyl sites for hydroxylation is 1. The number of fused-ring (bicyclic) bond motifs is 1. The molecule has 0 saturated heterocycles. The summed E-state index contributed by atoms with van der Waals surface area (Å²) in [5.74, 6) is 0. The van der Waals surface area contributed by atoms with E-state index in [1.165, 1.54) is 10.5 Å². The molecule has 17 heavy (non-hydrogen) atoms. The van der Waals surface area contributed by atoms with Gasteiger partial charge in [0.25, 0.3) is 0 Å². The van der Waals surface area contributed by atoms with Crippen molar-refractivity contribution in [1.29, 1.82) is 0 Å². The molecule has 0 unspecified atom stereocenters. The lowest BCUT2D eigenvalue weighted by atomic mass is 10.2. The lowest BCUT2D eigenvalue weighted by molar-refractivity contribution is -0.136. The Hall–Kier alpha value is -1.56. The topological polar surface area (TPSA) is 43.3 Å². The van der Waals surface area contributed by atoms with Crippen molar-refractivity contribution in [3.63, 3.8) is 0 Å². The van der Waals surface area contributed by atoms with Crippen molar-refractivity contribution in [2.45, 2.75) is 19.5 Å². The third-order valence-electron chi connectivity index (χ3n) is 2.64. The Morgan fingerprint density at radius 3 is 2.71 bits per heavy atom. The second-order valence-corrected chi connectivity index (χ2v) is 3.80. The summed E-state index contributed by atoms with van der Waals surface area (Å²) in [5.41, 5.74) is 5.99. The maximum atomic E-state index is 12.8. The van der Waals surface area contributed by atoms with Gasteiger partial charge in [0.15, 0.2) is 0 Å². The maximum Gasteiger partial charge on any atom is 0.419 e. The zero-order valence-corrected chi connectivity index (χ0v) is 9.25. The minimum atomic E-state index is -4.39. The summed E-state index contributed by atoms with van der Waals surface area (Å²) in [6, 6.07) is 2.41. The molecule has 0 atom stereocenters. The molecule has 92 valence electrons. The van der Waals surface area contributed by atoms with E-state index in [0.29, 0.717) is 18.7 Å². The fraction of sp³-hybridized carbons (Fsp3) is 0.364. The number of alkyl halides is 3. The van der Waals surface area contributed by atoms with E-state index < -0.39 is 11.7 Å². The molecule has 2 heterocycles. The molecule has 2 N–H and O–H groups in total. The number of hydrogen-bond donors (Lipinski definition) is 1. The molecule has 0 amide bonds. The van der Waals surface area contributed by atoms with Crippen molar-refractivity contribution in [2.24, 2.45) is 5.73 Å². The highest BCUT2D eigenvalue weighted by atomic mass is 19.4. The van der Waals surface area contributed by atoms with E-state index in [2.05, 4.69) is 4.98 Å². The number of nitrogens with zero attached hydrogens (tertiary/aromatic N) is 2. The Morgan fingerprint density at radius 1 is 1.41 bits per heavy atom. The highest BCUT2D eigenvalue weighted by Gasteiger charge is 2.34. The first kappa shape index (κ1) is 11.9. The number of nitrogens with two attached hydrogens (primary N) is 1. The fourth-order valence-corrected chi connectivity index (χ4v) is 1.89. The van der Waals surface area contributed by atoms with Gasteiger partial charge in [-0.15, -0.1) is 0 Å². The van der Waals surface area contributed by atoms with Crippen LogP contribution in [0.5, 0.6) is 0 Å². The Morgan fingerprint density at radius 2 is 2.12 bits per heavy atom. The second-order valence-electron chi connectivity index (χ2n) is 3.80. The van der Waals surface area contributed by atoms with E-state index >= 15 is 0 Å². The molecule has 0 radical (unpaired) electrons. The van der Waals surface area contributed by atoms with Crippen LogP contribution in [0.15, 0.2) is 18.3 Å². The summed E-state index contributed by atoms with van der Waals surface area (Å²) < 4.78 is 39.8. The van der Waals surface area contributed by atoms with Crippen LogP contribution < -0.4 is 5.73 Å². The SMILES string of the molecule is Cc1nc2c(C(F)(F)F)cccn2c1CCN. The molecular formula is C11H12F3N3. The average Bonchev–Trinajstić information content (AvgIpc) is 2.54. The molecule has 0 bridgehead atoms. The molecule has 0 aliphatic carbocycles. The molecule has 2 aromatic heterocycles. The van der Waals surface area contributed by atoms with Crippen molar-refractivity contribution in [1.82, 2.24) is 9.38 Å². The average molecular weight is 243 g/mol. The van der Waals surface area contributed by atoms with Gasteiger partial charge in [-0.2, -0.15) is 13.2 Å². The Kier molecular flexibility index (Phi) is 2.82. The summed E-state index contributed by atoms with van der Waals surface area (Å²) in [4.78, 5) is 3.99. The molecule has 0 aliphatic rings. The molecule has 2 aromatic rings. The predicted octanol–water partition coefficient (Wildman–Crippen LogP) is 2.16. The van der Waals surface area contributed by atoms with Crippen molar-refractivity contribution < 1.29 is 13.2 Å². The Bertz CT molecular complexity index is 543. The normalized spacial score (nSPS) is 12.3. The number of aromatic nitrogens is 2. The van der Waals surface area contributed by atoms with Crippen LogP contribution in [0.4, 0.5) is 13.2 Å². The summed E-state index contributed by atoms with van der Waals surface area (Å²) in [6.45, 7) is 2.07. The third-order valence-corrected chi connectivity index (χ3v) is 2.64. The summed E-state index contributed by atoms with van der Waals surface area (Å²) in [7, 11) is 0. The second kappa shape index (κ2) is 4.03. The van der Waals surface area contributed by atoms with Crippen molar-refractivity contribution in [2.75, 3.05) is 6.54 Å². The maximum absolute atomic E-state index is 12.8. The molecule has 2 rings (SSSR count). The van der Waals surface area contributed by atoms with Crippen LogP contribution in [0.1, 0.15) is 17.0 Å². The van der Waals surface area contributed by atoms with Gasteiger partial charge < -0.3 is 10.1 Å². The zero-order chi connectivity index (χ0) is 12.6. The first-order chi connectivity index (χ1) is 7.95. The third kappa shape index (κ3) is 2.00. The number of rotatable bonds is 2. The van der Waals surface area contributed by atoms with Gasteiger partial charge >= 0.3 is 6.18 Å². The van der Waals surface area contributed by atoms with Gasteiger partial charge in [0.05, 0.1) is 11.3 Å². The molecule has 0 spiro atoms. The van der Waals surface area contributed by atoms with Crippen LogP contribution in [-0.2, 0) is 12.6 Å². The van der Waals surface area contributed by atoms with E-state index in [4.69, 9.17) is 5.73 Å². The van der Waals surface area contributed by atoms with Gasteiger partial charge in [0.2, 0.25) is 0 Å². The van der Waals surface area contributed by atoms with Crippen LogP contribution in [0.3, 0.4) is 0 Å². The van der Waals surface area contributed by atoms with Gasteiger partial charge in [0, 0.05) is 18.3 Å². The fourth-order valence-electron chi connectivity index (χ4n) is 1.89. The van der Waals surface area contributed by atoms with Gasteiger partial charge in [-0.05, 0) is 25.6 Å². The summed E-state index contributed by atoms with van der Waals surface area (Å²) in [5, 5.41) is 0. The van der Waals surface area contributed by atoms with Crippen LogP contribution in [-0.4, -0.2) is 15.9 Å². The quantitative estimate of drug-likeness (QED) is 0.878. The predicted molar refractivity (Wildman–Crippen MR) is 57.7 cm³/mol. The molecule has 0 aliphatic heterocycles. The van der Waals surface area contributed by atoms with Crippen LogP contribution in [0, 0.1) is 6.92 Å². The highest BCUT2D eigenvalue weighted by molar-refractivity contribution is 5.52. The Balaban J connectivity index is 2.71. The first-order valence-corrected chi connectivity index (χ1v) is 5.19. The minimum Gasteiger partial charge on any atom is -0.330 e. The van der Waals surface area contributed by atoms with E-state index in [9.17, 15) is 13.2 Å². The number of halogens is 3. The number of imidazole rings is 1. The van der Waals surface area contributed by atoms with E-state index in [-0.39, 0.29) is 5.65 Å². The molecule has 3 nitrogen and oxygen atoms in total. The highest BCUT2D eigenvalue weighted by Crippen LogP contribution is 2.32. The van der Waals surface area contributed by atoms with Crippen molar-refractivity contribution in [3.05, 3.63) is 35.3 Å². The summed E-state index contributed by atoms with van der Waals surface area (Å²) >= 11 is 0. The molecule has 0 saturated carbocycles. The van der Waals surface area contributed by atoms with Gasteiger partial charge in [0.1, 0.15) is 5.65 Å². The lowest BCUT2D eigenvalue weighted by Gasteiger charge is -2.08. The van der Waals surface area contributed by atoms with E-state index in [1.54, 1.807) is 13.1 Å². The minimum absolute atomic E-state index is 0.0547. The monoisotopic (exact) mass is 243 g/mol. The van der Waals surface area contributed by atoms with Gasteiger partial charge in [-0.1, -0.05) is 0 Å². The largest absolute Gasteiger partial charge is 0.419 e. The smallest absolute Gasteiger partial charge is 0.330 e. The standard InChI is InChI=1S/C11H12F3N3/c1-7-9(4-5-15)17-6-2-3-8(10(17)16-7)11(12,13)14/h2-3,6H,4-5,15H2,1H3. The van der Waals surface area contributed by atoms with E-state index in [1.807, 2.05) is 0 Å². The molecular weight excluding hydrogens is 231 g/mol. The van der Waals surface area contributed by atoms with Crippen molar-refractivity contribution in [3.8, 4) is 0 Å². The lowest BCUT2D eigenvalue weighted by Crippen LogP contribution is -2.09. The first-order valence-electron chi connectivity index (χ1n) is 5.19. The molecule has 0 aromatic carbocycles. The Labute approximate surface area is 96.1 Å². The summed E-state index contributed by atoms with van der Waals surface area (Å²) in [6.07, 6.45) is -2.30. The van der Waals surface area contributed by atoms with Crippen LogP contribution in [0.25, 0.3) is 5.65 Å². The van der Waals surface area contributed by atoms with Gasteiger partial charge in [-0.25, -0.2) is 4.98 Å².